The van der Waals surface area contributed by atoms with Crippen LogP contribution in [0.4, 0.5) is 0 Å². The minimum atomic E-state index is -0.972. The van der Waals surface area contributed by atoms with Gasteiger partial charge >= 0.3 is 5.97 Å². The molecule has 0 aromatic carbocycles. The van der Waals surface area contributed by atoms with Crippen LogP contribution in [0.1, 0.15) is 29.4 Å². The van der Waals surface area contributed by atoms with Crippen molar-refractivity contribution >= 4 is 12.0 Å². The maximum atomic E-state index is 10.5. The molecule has 0 aliphatic carbocycles. The summed E-state index contributed by atoms with van der Waals surface area (Å²) < 4.78 is 0. The van der Waals surface area contributed by atoms with E-state index in [2.05, 4.69) is 4.98 Å². The number of carboxylic acids is 1. The third-order valence-corrected chi connectivity index (χ3v) is 1.72. The number of hydrogen-bond acceptors (Lipinski definition) is 2. The topological polar surface area (TPSA) is 73.3 Å². The van der Waals surface area contributed by atoms with Crippen LogP contribution >= 0.6 is 0 Å². The summed E-state index contributed by atoms with van der Waals surface area (Å²) in [6.07, 6.45) is 5.38. The van der Waals surface area contributed by atoms with Gasteiger partial charge < -0.3 is 15.2 Å². The molecule has 1 aromatic heterocycles. The molecule has 76 valence electrons. The van der Waals surface area contributed by atoms with Crippen molar-refractivity contribution in [2.75, 3.05) is 0 Å². The lowest BCUT2D eigenvalue weighted by Gasteiger charge is -1.94. The van der Waals surface area contributed by atoms with Gasteiger partial charge in [-0.1, -0.05) is 12.2 Å². The molecule has 0 amide bonds. The number of aromatic carboxylic acids is 1. The van der Waals surface area contributed by atoms with E-state index >= 15 is 0 Å². The summed E-state index contributed by atoms with van der Waals surface area (Å²) in [5.74, 6) is -0.972. The molecule has 0 saturated heterocycles. The summed E-state index contributed by atoms with van der Waals surface area (Å²) in [4.78, 5) is 13.1. The van der Waals surface area contributed by atoms with Gasteiger partial charge in [0.1, 0.15) is 5.69 Å². The fourth-order valence-electron chi connectivity index (χ4n) is 1.03. The predicted octanol–water partition coefficient (Wildman–Crippen LogP) is 1.50. The first-order valence-corrected chi connectivity index (χ1v) is 4.36. The van der Waals surface area contributed by atoms with E-state index in [0.717, 1.165) is 5.56 Å². The third-order valence-electron chi connectivity index (χ3n) is 1.72. The monoisotopic (exact) mass is 195 g/mol. The normalized spacial score (nSPS) is 13.3. The van der Waals surface area contributed by atoms with E-state index in [1.165, 1.54) is 0 Å². The highest BCUT2D eigenvalue weighted by atomic mass is 16.4. The first-order valence-electron chi connectivity index (χ1n) is 4.36. The molecule has 3 N–H and O–H groups in total. The summed E-state index contributed by atoms with van der Waals surface area (Å²) in [6, 6.07) is 1.54. The summed E-state index contributed by atoms with van der Waals surface area (Å²) in [6.45, 7) is 1.70. The number of H-pyrrole nitrogens is 1. The van der Waals surface area contributed by atoms with Gasteiger partial charge in [-0.15, -0.1) is 0 Å². The van der Waals surface area contributed by atoms with Crippen LogP contribution in [0.15, 0.2) is 18.3 Å². The van der Waals surface area contributed by atoms with Crippen molar-refractivity contribution < 1.29 is 15.0 Å². The number of aliphatic hydroxyl groups excluding tert-OH is 1. The van der Waals surface area contributed by atoms with Gasteiger partial charge in [0, 0.05) is 6.20 Å². The molecule has 0 aliphatic heterocycles. The van der Waals surface area contributed by atoms with Crippen molar-refractivity contribution in [1.29, 1.82) is 0 Å². The first-order chi connectivity index (χ1) is 6.59. The molecule has 1 atom stereocenters. The fraction of sp³-hybridized carbons (Fsp3) is 0.300. The molecular weight excluding hydrogens is 182 g/mol. The second-order valence-corrected chi connectivity index (χ2v) is 3.14. The van der Waals surface area contributed by atoms with Gasteiger partial charge in [-0.05, 0) is 25.0 Å². The van der Waals surface area contributed by atoms with Crippen LogP contribution in [0.3, 0.4) is 0 Å². The Morgan fingerprint density at radius 3 is 2.93 bits per heavy atom. The van der Waals surface area contributed by atoms with E-state index in [0.29, 0.717) is 6.42 Å². The fourth-order valence-corrected chi connectivity index (χ4v) is 1.03. The average Bonchev–Trinajstić information content (AvgIpc) is 2.52. The molecule has 1 aromatic rings. The maximum Gasteiger partial charge on any atom is 0.352 e. The van der Waals surface area contributed by atoms with Gasteiger partial charge in [0.25, 0.3) is 0 Å². The lowest BCUT2D eigenvalue weighted by atomic mass is 10.2. The molecule has 1 rings (SSSR count). The highest BCUT2D eigenvalue weighted by molar-refractivity contribution is 5.86. The number of aromatic nitrogens is 1. The minimum Gasteiger partial charge on any atom is -0.477 e. The Hall–Kier alpha value is -1.55. The third kappa shape index (κ3) is 3.06. The summed E-state index contributed by atoms with van der Waals surface area (Å²) in [7, 11) is 0. The van der Waals surface area contributed by atoms with E-state index in [4.69, 9.17) is 10.2 Å². The molecule has 0 saturated carbocycles. The maximum absolute atomic E-state index is 10.5. The Bertz CT molecular complexity index is 339. The largest absolute Gasteiger partial charge is 0.477 e. The standard InChI is InChI=1S/C10H13NO3/c1-7(12)3-2-4-8-5-9(10(13)14)11-6-8/h2,4-7,11-12H,3H2,1H3,(H,13,14). The number of rotatable bonds is 4. The van der Waals surface area contributed by atoms with Crippen LogP contribution in [0, 0.1) is 0 Å². The molecule has 1 heterocycles. The molecule has 4 nitrogen and oxygen atoms in total. The molecule has 4 heteroatoms. The van der Waals surface area contributed by atoms with Gasteiger partial charge in [-0.3, -0.25) is 0 Å². The van der Waals surface area contributed by atoms with E-state index < -0.39 is 5.97 Å². The summed E-state index contributed by atoms with van der Waals surface area (Å²) in [5, 5.41) is 17.6. The zero-order valence-electron chi connectivity index (χ0n) is 7.90. The van der Waals surface area contributed by atoms with Gasteiger partial charge in [-0.2, -0.15) is 0 Å². The first kappa shape index (κ1) is 10.5. The Balaban J connectivity index is 2.59. The molecule has 0 aliphatic rings. The van der Waals surface area contributed by atoms with Crippen LogP contribution in [-0.4, -0.2) is 27.3 Å². The Morgan fingerprint density at radius 2 is 2.43 bits per heavy atom. The van der Waals surface area contributed by atoms with Gasteiger partial charge in [-0.25, -0.2) is 4.79 Å². The number of aromatic amines is 1. The van der Waals surface area contributed by atoms with Crippen LogP contribution in [0.25, 0.3) is 6.08 Å². The van der Waals surface area contributed by atoms with Crippen molar-refractivity contribution in [3.05, 3.63) is 29.6 Å². The Morgan fingerprint density at radius 1 is 1.71 bits per heavy atom. The zero-order chi connectivity index (χ0) is 10.6. The molecule has 0 radical (unpaired) electrons. The van der Waals surface area contributed by atoms with Crippen molar-refractivity contribution in [3.8, 4) is 0 Å². The van der Waals surface area contributed by atoms with E-state index in [9.17, 15) is 4.79 Å². The molecule has 0 spiro atoms. The quantitative estimate of drug-likeness (QED) is 0.681. The van der Waals surface area contributed by atoms with Crippen molar-refractivity contribution in [3.63, 3.8) is 0 Å². The lowest BCUT2D eigenvalue weighted by molar-refractivity contribution is 0.0691. The summed E-state index contributed by atoms with van der Waals surface area (Å²) in [5.41, 5.74) is 0.963. The number of hydrogen-bond donors (Lipinski definition) is 3. The minimum absolute atomic E-state index is 0.168. The highest BCUT2D eigenvalue weighted by Gasteiger charge is 2.03. The summed E-state index contributed by atoms with van der Waals surface area (Å²) >= 11 is 0. The van der Waals surface area contributed by atoms with Crippen molar-refractivity contribution in [2.24, 2.45) is 0 Å². The zero-order valence-corrected chi connectivity index (χ0v) is 7.90. The van der Waals surface area contributed by atoms with Gasteiger partial charge in [0.2, 0.25) is 0 Å². The van der Waals surface area contributed by atoms with E-state index in [-0.39, 0.29) is 11.8 Å². The lowest BCUT2D eigenvalue weighted by Crippen LogP contribution is -1.95. The van der Waals surface area contributed by atoms with Gasteiger partial charge in [0.05, 0.1) is 6.10 Å². The van der Waals surface area contributed by atoms with Crippen molar-refractivity contribution in [2.45, 2.75) is 19.4 Å². The molecule has 14 heavy (non-hydrogen) atoms. The average molecular weight is 195 g/mol. The Labute approximate surface area is 81.9 Å². The molecular formula is C10H13NO3. The Kier molecular flexibility index (Phi) is 3.48. The number of nitrogens with one attached hydrogen (secondary N) is 1. The number of carbonyl (C=O) groups is 1. The van der Waals surface area contributed by atoms with Crippen LogP contribution in [0.2, 0.25) is 0 Å². The number of aliphatic hydroxyl groups is 1. The second kappa shape index (κ2) is 4.62. The molecule has 0 bridgehead atoms. The smallest absolute Gasteiger partial charge is 0.352 e. The molecule has 0 fully saturated rings. The van der Waals surface area contributed by atoms with E-state index in [1.807, 2.05) is 0 Å². The van der Waals surface area contributed by atoms with Crippen LogP contribution in [0.5, 0.6) is 0 Å². The molecule has 1 unspecified atom stereocenters. The van der Waals surface area contributed by atoms with Gasteiger partial charge in [0.15, 0.2) is 0 Å². The number of carboxylic acid groups (broad SMARTS) is 1. The van der Waals surface area contributed by atoms with E-state index in [1.54, 1.807) is 31.3 Å². The van der Waals surface area contributed by atoms with Crippen LogP contribution in [-0.2, 0) is 0 Å². The predicted molar refractivity (Wildman–Crippen MR) is 53.1 cm³/mol. The highest BCUT2D eigenvalue weighted by Crippen LogP contribution is 2.06. The second-order valence-electron chi connectivity index (χ2n) is 3.14. The SMILES string of the molecule is CC(O)CC=Cc1c[nH]c(C(=O)O)c1. The van der Waals surface area contributed by atoms with Crippen molar-refractivity contribution in [1.82, 2.24) is 4.98 Å². The van der Waals surface area contributed by atoms with Crippen LogP contribution < -0.4 is 0 Å².